The Morgan fingerprint density at radius 2 is 1.06 bits per heavy atom. The van der Waals surface area contributed by atoms with E-state index < -0.39 is 0 Å². The Bertz CT molecular complexity index is 202. The van der Waals surface area contributed by atoms with Crippen LogP contribution in [0.2, 0.25) is 0 Å². The maximum absolute atomic E-state index is 2.38. The molecule has 1 aliphatic rings. The first kappa shape index (κ1) is 15.8. The Morgan fingerprint density at radius 3 is 1.44 bits per heavy atom. The molecule has 0 saturated heterocycles. The molecule has 1 aliphatic carbocycles. The number of allylic oxidation sites excluding steroid dienone is 2. The summed E-state index contributed by atoms with van der Waals surface area (Å²) >= 11 is 0. The molecule has 0 unspecified atom stereocenters. The van der Waals surface area contributed by atoms with E-state index >= 15 is 0 Å². The molecule has 106 valence electrons. The van der Waals surface area contributed by atoms with Gasteiger partial charge in [-0.1, -0.05) is 95.6 Å². The zero-order valence-corrected chi connectivity index (χ0v) is 12.7. The number of hydrogen-bond donors (Lipinski definition) is 0. The van der Waals surface area contributed by atoms with Crippen LogP contribution >= 0.6 is 0 Å². The van der Waals surface area contributed by atoms with Gasteiger partial charge in [-0.25, -0.2) is 0 Å². The average molecular weight is 250 g/mol. The highest BCUT2D eigenvalue weighted by molar-refractivity contribution is 5.21. The summed E-state index contributed by atoms with van der Waals surface area (Å²) < 4.78 is 0. The number of unbranched alkanes of at least 4 members (excludes halogenated alkanes) is 12. The van der Waals surface area contributed by atoms with Gasteiger partial charge in [0.15, 0.2) is 0 Å². The fourth-order valence-electron chi connectivity index (χ4n) is 2.65. The molecule has 0 radical (unpaired) electrons. The van der Waals surface area contributed by atoms with Crippen molar-refractivity contribution in [3.05, 3.63) is 11.6 Å². The first-order valence-corrected chi connectivity index (χ1v) is 8.61. The van der Waals surface area contributed by atoms with Crippen LogP contribution in [0.15, 0.2) is 11.6 Å². The molecule has 0 amide bonds. The Balaban J connectivity index is 1.62. The molecule has 0 aliphatic heterocycles. The van der Waals surface area contributed by atoms with Crippen molar-refractivity contribution in [2.75, 3.05) is 0 Å². The van der Waals surface area contributed by atoms with Gasteiger partial charge in [-0.05, 0) is 19.3 Å². The molecule has 0 fully saturated rings. The lowest BCUT2D eigenvalue weighted by molar-refractivity contribution is 0.539. The van der Waals surface area contributed by atoms with Gasteiger partial charge in [-0.2, -0.15) is 0 Å². The largest absolute Gasteiger partial charge is 0.0810 e. The molecule has 0 spiro atoms. The molecule has 1 rings (SSSR count). The predicted molar refractivity (Wildman–Crippen MR) is 83.0 cm³/mol. The fourth-order valence-corrected chi connectivity index (χ4v) is 2.65. The first-order valence-electron chi connectivity index (χ1n) is 8.61. The third kappa shape index (κ3) is 10.9. The molecule has 0 atom stereocenters. The van der Waals surface area contributed by atoms with Crippen molar-refractivity contribution in [2.24, 2.45) is 0 Å². The van der Waals surface area contributed by atoms with Crippen molar-refractivity contribution in [3.8, 4) is 0 Å². The quantitative estimate of drug-likeness (QED) is 0.235. The van der Waals surface area contributed by atoms with E-state index in [1.807, 2.05) is 0 Å². The lowest BCUT2D eigenvalue weighted by Gasteiger charge is -2.02. The van der Waals surface area contributed by atoms with Crippen LogP contribution in [-0.2, 0) is 0 Å². The van der Waals surface area contributed by atoms with Crippen LogP contribution in [0.5, 0.6) is 0 Å². The van der Waals surface area contributed by atoms with Gasteiger partial charge in [-0.3, -0.25) is 0 Å². The van der Waals surface area contributed by atoms with Crippen LogP contribution < -0.4 is 0 Å². The van der Waals surface area contributed by atoms with Gasteiger partial charge >= 0.3 is 0 Å². The standard InChI is InChI=1S/C18H34/c1-2-3-4-5-6-7-8-9-10-11-12-13-14-15-18-16-17-18/h16H,2-15,17H2,1H3. The minimum atomic E-state index is 1.33. The first-order chi connectivity index (χ1) is 8.93. The monoisotopic (exact) mass is 250 g/mol. The van der Waals surface area contributed by atoms with Gasteiger partial charge in [0.1, 0.15) is 0 Å². The van der Waals surface area contributed by atoms with Gasteiger partial charge in [0.05, 0.1) is 0 Å². The predicted octanol–water partition coefficient (Wildman–Crippen LogP) is 6.80. The Morgan fingerprint density at radius 1 is 0.667 bits per heavy atom. The van der Waals surface area contributed by atoms with Crippen LogP contribution in [0.25, 0.3) is 0 Å². The SMILES string of the molecule is CCCCCCCCCCCCCCCC1=CC1. The number of hydrogen-bond acceptors (Lipinski definition) is 0. The van der Waals surface area contributed by atoms with Crippen molar-refractivity contribution in [3.63, 3.8) is 0 Å². The van der Waals surface area contributed by atoms with Crippen molar-refractivity contribution >= 4 is 0 Å². The molecule has 0 N–H and O–H groups in total. The van der Waals surface area contributed by atoms with Crippen molar-refractivity contribution in [2.45, 2.75) is 103 Å². The van der Waals surface area contributed by atoms with Gasteiger partial charge in [0.2, 0.25) is 0 Å². The minimum absolute atomic E-state index is 1.33. The highest BCUT2D eigenvalue weighted by Crippen LogP contribution is 2.25. The Labute approximate surface area is 115 Å². The summed E-state index contributed by atoms with van der Waals surface area (Å²) in [6.45, 7) is 2.29. The maximum Gasteiger partial charge on any atom is -0.0136 e. The van der Waals surface area contributed by atoms with Crippen LogP contribution in [0.1, 0.15) is 103 Å². The van der Waals surface area contributed by atoms with Crippen molar-refractivity contribution in [1.82, 2.24) is 0 Å². The van der Waals surface area contributed by atoms with Crippen LogP contribution in [-0.4, -0.2) is 0 Å². The second-order valence-corrected chi connectivity index (χ2v) is 6.06. The summed E-state index contributed by atoms with van der Waals surface area (Å²) in [5.41, 5.74) is 1.72. The summed E-state index contributed by atoms with van der Waals surface area (Å²) in [6, 6.07) is 0. The van der Waals surface area contributed by atoms with Crippen molar-refractivity contribution < 1.29 is 0 Å². The van der Waals surface area contributed by atoms with Crippen LogP contribution in [0, 0.1) is 0 Å². The second kappa shape index (κ2) is 11.8. The summed E-state index contributed by atoms with van der Waals surface area (Å²) in [4.78, 5) is 0. The Kier molecular flexibility index (Phi) is 10.4. The lowest BCUT2D eigenvalue weighted by atomic mass is 10.0. The van der Waals surface area contributed by atoms with E-state index in [-0.39, 0.29) is 0 Å². The lowest BCUT2D eigenvalue weighted by Crippen LogP contribution is -1.82. The molecular formula is C18H34. The van der Waals surface area contributed by atoms with Gasteiger partial charge in [0, 0.05) is 0 Å². The third-order valence-corrected chi connectivity index (χ3v) is 4.09. The van der Waals surface area contributed by atoms with Gasteiger partial charge in [-0.15, -0.1) is 0 Å². The smallest absolute Gasteiger partial charge is 0.0136 e. The third-order valence-electron chi connectivity index (χ3n) is 4.09. The van der Waals surface area contributed by atoms with Gasteiger partial charge < -0.3 is 0 Å². The molecule has 0 nitrogen and oxygen atoms in total. The molecule has 0 aromatic heterocycles. The molecule has 0 aromatic rings. The number of rotatable bonds is 14. The Hall–Kier alpha value is -0.260. The van der Waals surface area contributed by atoms with E-state index in [4.69, 9.17) is 0 Å². The average Bonchev–Trinajstić information content (AvgIpc) is 3.19. The summed E-state index contributed by atoms with van der Waals surface area (Å²) in [5.74, 6) is 0. The topological polar surface area (TPSA) is 0 Å². The van der Waals surface area contributed by atoms with E-state index in [1.165, 1.54) is 96.3 Å². The molecular weight excluding hydrogens is 216 g/mol. The van der Waals surface area contributed by atoms with E-state index in [1.54, 1.807) is 5.57 Å². The fraction of sp³-hybridized carbons (Fsp3) is 0.889. The van der Waals surface area contributed by atoms with Crippen LogP contribution in [0.4, 0.5) is 0 Å². The summed E-state index contributed by atoms with van der Waals surface area (Å²) in [6.07, 6.45) is 24.2. The molecule has 0 saturated carbocycles. The highest BCUT2D eigenvalue weighted by atomic mass is 14.1. The van der Waals surface area contributed by atoms with E-state index in [0.717, 1.165) is 0 Å². The summed E-state index contributed by atoms with van der Waals surface area (Å²) in [7, 11) is 0. The maximum atomic E-state index is 2.38. The molecule has 18 heavy (non-hydrogen) atoms. The highest BCUT2D eigenvalue weighted by Gasteiger charge is 2.05. The van der Waals surface area contributed by atoms with E-state index in [0.29, 0.717) is 0 Å². The molecule has 0 aromatic carbocycles. The van der Waals surface area contributed by atoms with Gasteiger partial charge in [0.25, 0.3) is 0 Å². The van der Waals surface area contributed by atoms with Crippen LogP contribution in [0.3, 0.4) is 0 Å². The van der Waals surface area contributed by atoms with Crippen molar-refractivity contribution in [1.29, 1.82) is 0 Å². The minimum Gasteiger partial charge on any atom is -0.0810 e. The zero-order valence-electron chi connectivity index (χ0n) is 12.7. The van der Waals surface area contributed by atoms with E-state index in [2.05, 4.69) is 13.0 Å². The normalized spacial score (nSPS) is 13.7. The molecule has 0 bridgehead atoms. The molecule has 0 heteroatoms. The van der Waals surface area contributed by atoms with E-state index in [9.17, 15) is 0 Å². The summed E-state index contributed by atoms with van der Waals surface area (Å²) in [5, 5.41) is 0. The second-order valence-electron chi connectivity index (χ2n) is 6.06. The molecule has 0 heterocycles. The zero-order chi connectivity index (χ0) is 12.9.